The number of rotatable bonds is 5. The first-order valence-corrected chi connectivity index (χ1v) is 13.1. The fraction of sp³-hybridized carbons (Fsp3) is 0.500. The number of ether oxygens (including phenoxy) is 1. The third-order valence-electron chi connectivity index (χ3n) is 6.36. The van der Waals surface area contributed by atoms with Crippen LogP contribution in [0.5, 0.6) is 0 Å². The zero-order valence-electron chi connectivity index (χ0n) is 20.9. The summed E-state index contributed by atoms with van der Waals surface area (Å²) in [5.41, 5.74) is 0.315. The lowest BCUT2D eigenvalue weighted by Crippen LogP contribution is -2.51. The Kier molecular flexibility index (Phi) is 8.59. The van der Waals surface area contributed by atoms with Crippen molar-refractivity contribution in [2.24, 2.45) is 0 Å². The summed E-state index contributed by atoms with van der Waals surface area (Å²) in [6.45, 7) is 5.16. The van der Waals surface area contributed by atoms with Gasteiger partial charge in [0.1, 0.15) is 0 Å². The van der Waals surface area contributed by atoms with Gasteiger partial charge in [-0.2, -0.15) is 13.2 Å². The molecule has 0 spiro atoms. The van der Waals surface area contributed by atoms with Gasteiger partial charge in [0.15, 0.2) is 5.13 Å². The molecule has 2 saturated heterocycles. The predicted octanol–water partition coefficient (Wildman–Crippen LogP) is 3.36. The summed E-state index contributed by atoms with van der Waals surface area (Å²) < 4.78 is 44.0. The average molecular weight is 555 g/mol. The Morgan fingerprint density at radius 3 is 2.32 bits per heavy atom. The van der Waals surface area contributed by atoms with E-state index in [-0.39, 0.29) is 24.5 Å². The lowest BCUT2D eigenvalue weighted by Gasteiger charge is -2.36. The molecule has 3 heterocycles. The highest BCUT2D eigenvalue weighted by molar-refractivity contribution is 7.13. The number of hydrogen-bond acceptors (Lipinski definition) is 7. The second kappa shape index (κ2) is 11.9. The fourth-order valence-corrected chi connectivity index (χ4v) is 4.98. The molecular weight excluding hydrogens is 525 g/mol. The van der Waals surface area contributed by atoms with E-state index in [4.69, 9.17) is 4.74 Å². The maximum Gasteiger partial charge on any atom is 0.416 e. The topological polar surface area (TPSA) is 98.3 Å². The minimum absolute atomic E-state index is 0.0636. The largest absolute Gasteiger partial charge is 0.450 e. The van der Waals surface area contributed by atoms with Crippen molar-refractivity contribution < 1.29 is 32.3 Å². The van der Waals surface area contributed by atoms with E-state index in [1.165, 1.54) is 17.4 Å². The number of aromatic nitrogens is 1. The monoisotopic (exact) mass is 554 g/mol. The molecule has 4 amide bonds. The van der Waals surface area contributed by atoms with Crippen LogP contribution in [-0.4, -0.2) is 96.7 Å². The average Bonchev–Trinajstić information content (AvgIpc) is 3.35. The van der Waals surface area contributed by atoms with Crippen LogP contribution in [0, 0.1) is 0 Å². The molecule has 0 aliphatic carbocycles. The van der Waals surface area contributed by atoms with Crippen LogP contribution in [0.2, 0.25) is 0 Å². The Morgan fingerprint density at radius 2 is 1.66 bits per heavy atom. The fourth-order valence-electron chi connectivity index (χ4n) is 4.28. The zero-order chi connectivity index (χ0) is 27.3. The van der Waals surface area contributed by atoms with Gasteiger partial charge in [0.25, 0.3) is 0 Å². The number of nitrogens with one attached hydrogen (secondary N) is 1. The molecule has 206 valence electrons. The smallest absolute Gasteiger partial charge is 0.416 e. The Hall–Kier alpha value is -3.55. The summed E-state index contributed by atoms with van der Waals surface area (Å²) in [4.78, 5) is 48.2. The number of halogens is 3. The Bertz CT molecular complexity index is 1140. The van der Waals surface area contributed by atoms with Crippen molar-refractivity contribution >= 4 is 40.2 Å². The second-order valence-electron chi connectivity index (χ2n) is 8.84. The van der Waals surface area contributed by atoms with Crippen LogP contribution in [-0.2, 0) is 22.1 Å². The molecule has 2 aliphatic rings. The summed E-state index contributed by atoms with van der Waals surface area (Å²) in [6.07, 6.45) is -4.73. The number of piperazine rings is 2. The van der Waals surface area contributed by atoms with E-state index in [2.05, 4.69) is 10.3 Å². The van der Waals surface area contributed by atoms with Gasteiger partial charge in [-0.05, 0) is 25.1 Å². The third-order valence-corrected chi connectivity index (χ3v) is 7.17. The van der Waals surface area contributed by atoms with Crippen LogP contribution in [0.1, 0.15) is 18.2 Å². The molecule has 38 heavy (non-hydrogen) atoms. The molecule has 0 radical (unpaired) electrons. The van der Waals surface area contributed by atoms with E-state index in [9.17, 15) is 27.6 Å². The Balaban J connectivity index is 1.23. The van der Waals surface area contributed by atoms with Gasteiger partial charge in [0, 0.05) is 63.4 Å². The minimum atomic E-state index is -4.40. The quantitative estimate of drug-likeness (QED) is 0.609. The van der Waals surface area contributed by atoms with Gasteiger partial charge < -0.3 is 24.3 Å². The molecule has 2 aliphatic heterocycles. The van der Waals surface area contributed by atoms with Crippen LogP contribution in [0.4, 0.5) is 33.6 Å². The maximum atomic E-state index is 13.0. The van der Waals surface area contributed by atoms with E-state index in [1.54, 1.807) is 33.1 Å². The van der Waals surface area contributed by atoms with Gasteiger partial charge in [-0.25, -0.2) is 14.6 Å². The number of urea groups is 1. The molecule has 1 aromatic heterocycles. The maximum absolute atomic E-state index is 13.0. The number of anilines is 2. The number of alkyl halides is 3. The number of carbonyl (C=O) groups excluding carboxylic acids is 3. The van der Waals surface area contributed by atoms with Crippen molar-refractivity contribution in [1.29, 1.82) is 0 Å². The van der Waals surface area contributed by atoms with Crippen LogP contribution in [0.15, 0.2) is 29.6 Å². The standard InChI is InChI=1S/C24H29F3N6O4S/c1-2-37-23(36)33-12-10-32(11-13-33)22(35)29-21-28-18(16-38-21)15-20(34)31-8-6-30(7-9-31)19-5-3-4-17(14-19)24(25,26)27/h3-5,14,16H,2,6-13,15H2,1H3,(H,28,29,35). The van der Waals surface area contributed by atoms with Crippen molar-refractivity contribution in [3.05, 3.63) is 40.9 Å². The van der Waals surface area contributed by atoms with E-state index >= 15 is 0 Å². The highest BCUT2D eigenvalue weighted by Gasteiger charge is 2.31. The van der Waals surface area contributed by atoms with Crippen molar-refractivity contribution in [2.75, 3.05) is 69.2 Å². The van der Waals surface area contributed by atoms with E-state index in [1.807, 2.05) is 4.90 Å². The normalized spacial score (nSPS) is 16.4. The van der Waals surface area contributed by atoms with Crippen LogP contribution in [0.25, 0.3) is 0 Å². The van der Waals surface area contributed by atoms with Crippen LogP contribution in [0.3, 0.4) is 0 Å². The molecule has 0 unspecified atom stereocenters. The summed E-state index contributed by atoms with van der Waals surface area (Å²) in [6, 6.07) is 4.87. The molecule has 1 aromatic carbocycles. The van der Waals surface area contributed by atoms with Gasteiger partial charge in [-0.3, -0.25) is 10.1 Å². The van der Waals surface area contributed by atoms with E-state index < -0.39 is 11.7 Å². The Labute approximate surface area is 221 Å². The molecule has 0 atom stereocenters. The summed E-state index contributed by atoms with van der Waals surface area (Å²) in [5, 5.41) is 4.83. The third kappa shape index (κ3) is 6.85. The zero-order valence-corrected chi connectivity index (χ0v) is 21.7. The van der Waals surface area contributed by atoms with Gasteiger partial charge in [0.2, 0.25) is 5.91 Å². The first-order chi connectivity index (χ1) is 18.1. The molecule has 2 aromatic rings. The second-order valence-corrected chi connectivity index (χ2v) is 9.70. The molecule has 4 rings (SSSR count). The van der Waals surface area contributed by atoms with Crippen LogP contribution >= 0.6 is 11.3 Å². The summed E-state index contributed by atoms with van der Waals surface area (Å²) >= 11 is 1.22. The highest BCUT2D eigenvalue weighted by atomic mass is 32.1. The lowest BCUT2D eigenvalue weighted by molar-refractivity contribution is -0.137. The molecular formula is C24H29F3N6O4S. The van der Waals surface area contributed by atoms with E-state index in [0.29, 0.717) is 75.5 Å². The van der Waals surface area contributed by atoms with Crippen LogP contribution < -0.4 is 10.2 Å². The SMILES string of the molecule is CCOC(=O)N1CCN(C(=O)Nc2nc(CC(=O)N3CCN(c4cccc(C(F)(F)F)c4)CC3)cs2)CC1. The summed E-state index contributed by atoms with van der Waals surface area (Å²) in [5.74, 6) is -0.132. The van der Waals surface area contributed by atoms with Gasteiger partial charge in [-0.15, -0.1) is 11.3 Å². The molecule has 10 nitrogen and oxygen atoms in total. The number of nitrogens with zero attached hydrogens (tertiary/aromatic N) is 5. The van der Waals surface area contributed by atoms with Crippen molar-refractivity contribution in [3.8, 4) is 0 Å². The number of carbonyl (C=O) groups is 3. The van der Waals surface area contributed by atoms with E-state index in [0.717, 1.165) is 12.1 Å². The molecule has 0 bridgehead atoms. The lowest BCUT2D eigenvalue weighted by atomic mass is 10.1. The number of thiazole rings is 1. The first-order valence-electron chi connectivity index (χ1n) is 12.3. The van der Waals surface area contributed by atoms with Crippen molar-refractivity contribution in [2.45, 2.75) is 19.5 Å². The predicted molar refractivity (Wildman–Crippen MR) is 135 cm³/mol. The van der Waals surface area contributed by atoms with Gasteiger partial charge >= 0.3 is 18.3 Å². The highest BCUT2D eigenvalue weighted by Crippen LogP contribution is 2.32. The summed E-state index contributed by atoms with van der Waals surface area (Å²) in [7, 11) is 0. The Morgan fingerprint density at radius 1 is 1.00 bits per heavy atom. The minimum Gasteiger partial charge on any atom is -0.450 e. The van der Waals surface area contributed by atoms with Gasteiger partial charge in [-0.1, -0.05) is 6.07 Å². The molecule has 2 fully saturated rings. The van der Waals surface area contributed by atoms with Gasteiger partial charge in [0.05, 0.1) is 24.3 Å². The first kappa shape index (κ1) is 27.5. The molecule has 14 heteroatoms. The number of amides is 4. The number of hydrogen-bond donors (Lipinski definition) is 1. The van der Waals surface area contributed by atoms with Crippen molar-refractivity contribution in [3.63, 3.8) is 0 Å². The molecule has 0 saturated carbocycles. The van der Waals surface area contributed by atoms with Crippen molar-refractivity contribution in [1.82, 2.24) is 19.7 Å². The number of benzene rings is 1. The molecule has 1 N–H and O–H groups in total.